The van der Waals surface area contributed by atoms with E-state index in [1.807, 2.05) is 24.3 Å². The first kappa shape index (κ1) is 19.1. The molecule has 2 aromatic carbocycles. The Hall–Kier alpha value is -2.24. The number of carbonyl (C=O) groups excluding carboxylic acids is 1. The fraction of sp³-hybridized carbons (Fsp3) is 0.409. The topological polar surface area (TPSA) is 53.6 Å². The molecule has 4 rings (SSSR count). The van der Waals surface area contributed by atoms with Gasteiger partial charge in [0.15, 0.2) is 0 Å². The van der Waals surface area contributed by atoms with Gasteiger partial charge in [0.2, 0.25) is 0 Å². The summed E-state index contributed by atoms with van der Waals surface area (Å²) in [7, 11) is 0. The van der Waals surface area contributed by atoms with Crippen molar-refractivity contribution in [3.05, 3.63) is 64.7 Å². The first-order valence-electron chi connectivity index (χ1n) is 9.93. The maximum Gasteiger partial charge on any atom is 0.315 e. The van der Waals surface area contributed by atoms with Gasteiger partial charge in [0.25, 0.3) is 0 Å². The summed E-state index contributed by atoms with van der Waals surface area (Å²) in [5.41, 5.74) is 2.29. The number of piperidine rings is 1. The number of nitrogens with zero attached hydrogens (tertiary/aromatic N) is 1. The summed E-state index contributed by atoms with van der Waals surface area (Å²) >= 11 is 6.21. The average Bonchev–Trinajstić information content (AvgIpc) is 2.71. The number of likely N-dealkylation sites (tertiary alicyclic amines) is 1. The van der Waals surface area contributed by atoms with Crippen LogP contribution >= 0.6 is 11.6 Å². The molecule has 0 bridgehead atoms. The molecule has 0 aliphatic carbocycles. The van der Waals surface area contributed by atoms with E-state index in [4.69, 9.17) is 16.3 Å². The number of benzene rings is 2. The zero-order valence-corrected chi connectivity index (χ0v) is 16.6. The molecule has 2 aliphatic rings. The Morgan fingerprint density at radius 3 is 2.61 bits per heavy atom. The minimum absolute atomic E-state index is 0.0689. The van der Waals surface area contributed by atoms with Crippen LogP contribution < -0.4 is 15.4 Å². The summed E-state index contributed by atoms with van der Waals surface area (Å²) in [4.78, 5) is 15.0. The SMILES string of the molecule is O=C(NC1CCN(Cc2ccccc2)CC1)NC1CCOc2c(Cl)cccc21. The van der Waals surface area contributed by atoms with Crippen molar-refractivity contribution in [2.45, 2.75) is 37.9 Å². The van der Waals surface area contributed by atoms with Crippen LogP contribution in [0.5, 0.6) is 5.75 Å². The van der Waals surface area contributed by atoms with Gasteiger partial charge < -0.3 is 15.4 Å². The van der Waals surface area contributed by atoms with Crippen LogP contribution in [0, 0.1) is 0 Å². The fourth-order valence-electron chi connectivity index (χ4n) is 4.00. The number of fused-ring (bicyclic) bond motifs is 1. The largest absolute Gasteiger partial charge is 0.492 e. The normalized spacial score (nSPS) is 20.1. The van der Waals surface area contributed by atoms with E-state index < -0.39 is 0 Å². The number of nitrogens with one attached hydrogen (secondary N) is 2. The van der Waals surface area contributed by atoms with E-state index in [0.717, 1.165) is 44.5 Å². The molecule has 0 saturated carbocycles. The van der Waals surface area contributed by atoms with Gasteiger partial charge in [-0.3, -0.25) is 4.90 Å². The van der Waals surface area contributed by atoms with Crippen LogP contribution in [0.4, 0.5) is 4.79 Å². The van der Waals surface area contributed by atoms with Crippen molar-refractivity contribution in [1.82, 2.24) is 15.5 Å². The zero-order chi connectivity index (χ0) is 19.3. The van der Waals surface area contributed by atoms with E-state index in [2.05, 4.69) is 39.8 Å². The van der Waals surface area contributed by atoms with Crippen LogP contribution in [0.15, 0.2) is 48.5 Å². The molecule has 0 spiro atoms. The number of urea groups is 1. The Morgan fingerprint density at radius 1 is 1.04 bits per heavy atom. The second-order valence-electron chi connectivity index (χ2n) is 7.50. The number of amides is 2. The smallest absolute Gasteiger partial charge is 0.315 e. The van der Waals surface area contributed by atoms with Crippen LogP contribution in [0.25, 0.3) is 0 Å². The molecule has 2 heterocycles. The van der Waals surface area contributed by atoms with Crippen LogP contribution in [0.1, 0.15) is 36.4 Å². The van der Waals surface area contributed by atoms with E-state index in [9.17, 15) is 4.79 Å². The zero-order valence-electron chi connectivity index (χ0n) is 15.9. The van der Waals surface area contributed by atoms with Crippen molar-refractivity contribution in [2.75, 3.05) is 19.7 Å². The van der Waals surface area contributed by atoms with Crippen molar-refractivity contribution >= 4 is 17.6 Å². The van der Waals surface area contributed by atoms with Crippen molar-refractivity contribution in [2.24, 2.45) is 0 Å². The molecule has 28 heavy (non-hydrogen) atoms. The first-order valence-corrected chi connectivity index (χ1v) is 10.3. The standard InChI is InChI=1S/C22H26ClN3O2/c23-19-8-4-7-18-20(11-14-28-21(18)19)25-22(27)24-17-9-12-26(13-10-17)15-16-5-2-1-3-6-16/h1-8,17,20H,9-15H2,(H2,24,25,27). The molecule has 1 saturated heterocycles. The molecule has 0 aromatic heterocycles. The summed E-state index contributed by atoms with van der Waals surface area (Å²) in [6.45, 7) is 3.52. The van der Waals surface area contributed by atoms with Gasteiger partial charge >= 0.3 is 6.03 Å². The molecule has 1 atom stereocenters. The van der Waals surface area contributed by atoms with E-state index in [0.29, 0.717) is 17.4 Å². The molecule has 2 amide bonds. The van der Waals surface area contributed by atoms with Crippen molar-refractivity contribution in [3.8, 4) is 5.75 Å². The lowest BCUT2D eigenvalue weighted by Crippen LogP contribution is -2.48. The van der Waals surface area contributed by atoms with Crippen molar-refractivity contribution in [3.63, 3.8) is 0 Å². The summed E-state index contributed by atoms with van der Waals surface area (Å²) in [6.07, 6.45) is 2.68. The predicted octanol–water partition coefficient (Wildman–Crippen LogP) is 4.13. The summed E-state index contributed by atoms with van der Waals surface area (Å²) in [5.74, 6) is 0.690. The van der Waals surface area contributed by atoms with E-state index in [1.165, 1.54) is 5.56 Å². The molecule has 1 fully saturated rings. The Labute approximate surface area is 171 Å². The van der Waals surface area contributed by atoms with E-state index >= 15 is 0 Å². The van der Waals surface area contributed by atoms with Crippen LogP contribution in [-0.2, 0) is 6.54 Å². The van der Waals surface area contributed by atoms with Gasteiger partial charge in [0.1, 0.15) is 5.75 Å². The highest BCUT2D eigenvalue weighted by Crippen LogP contribution is 2.37. The quantitative estimate of drug-likeness (QED) is 0.812. The maximum atomic E-state index is 12.5. The minimum atomic E-state index is -0.112. The number of hydrogen-bond acceptors (Lipinski definition) is 3. The second kappa shape index (κ2) is 8.84. The van der Waals surface area contributed by atoms with Gasteiger partial charge in [0, 0.05) is 37.7 Å². The van der Waals surface area contributed by atoms with Gasteiger partial charge in [-0.2, -0.15) is 0 Å². The molecule has 1 unspecified atom stereocenters. The number of carbonyl (C=O) groups is 1. The average molecular weight is 400 g/mol. The van der Waals surface area contributed by atoms with Crippen molar-refractivity contribution < 1.29 is 9.53 Å². The molecule has 2 aliphatic heterocycles. The van der Waals surface area contributed by atoms with Gasteiger partial charge in [-0.25, -0.2) is 4.79 Å². The summed E-state index contributed by atoms with van der Waals surface area (Å²) in [6, 6.07) is 16.2. The molecule has 2 aromatic rings. The molecule has 2 N–H and O–H groups in total. The lowest BCUT2D eigenvalue weighted by Gasteiger charge is -2.33. The van der Waals surface area contributed by atoms with Crippen molar-refractivity contribution in [1.29, 1.82) is 0 Å². The number of ether oxygens (including phenoxy) is 1. The van der Waals surface area contributed by atoms with E-state index in [-0.39, 0.29) is 18.1 Å². The minimum Gasteiger partial charge on any atom is -0.492 e. The first-order chi connectivity index (χ1) is 13.7. The Bertz CT molecular complexity index is 807. The molecular formula is C22H26ClN3O2. The van der Waals surface area contributed by atoms with Crippen LogP contribution in [-0.4, -0.2) is 36.7 Å². The van der Waals surface area contributed by atoms with Gasteiger partial charge in [-0.15, -0.1) is 0 Å². The molecular weight excluding hydrogens is 374 g/mol. The van der Waals surface area contributed by atoms with Crippen LogP contribution in [0.2, 0.25) is 5.02 Å². The third kappa shape index (κ3) is 4.59. The maximum absolute atomic E-state index is 12.5. The van der Waals surface area contributed by atoms with Gasteiger partial charge in [0.05, 0.1) is 17.7 Å². The summed E-state index contributed by atoms with van der Waals surface area (Å²) in [5, 5.41) is 6.84. The highest BCUT2D eigenvalue weighted by molar-refractivity contribution is 6.32. The predicted molar refractivity (Wildman–Crippen MR) is 111 cm³/mol. The Morgan fingerprint density at radius 2 is 1.82 bits per heavy atom. The summed E-state index contributed by atoms with van der Waals surface area (Å²) < 4.78 is 5.67. The molecule has 5 nitrogen and oxygen atoms in total. The third-order valence-corrected chi connectivity index (χ3v) is 5.80. The highest BCUT2D eigenvalue weighted by atomic mass is 35.5. The number of rotatable bonds is 4. The third-order valence-electron chi connectivity index (χ3n) is 5.50. The number of para-hydroxylation sites is 1. The number of halogens is 1. The number of hydrogen-bond donors (Lipinski definition) is 2. The Kier molecular flexibility index (Phi) is 6.03. The lowest BCUT2D eigenvalue weighted by atomic mass is 10.0. The Balaban J connectivity index is 1.26. The molecule has 6 heteroatoms. The molecule has 148 valence electrons. The van der Waals surface area contributed by atoms with E-state index in [1.54, 1.807) is 0 Å². The van der Waals surface area contributed by atoms with Gasteiger partial charge in [-0.1, -0.05) is 54.1 Å². The highest BCUT2D eigenvalue weighted by Gasteiger charge is 2.26. The van der Waals surface area contributed by atoms with Gasteiger partial charge in [-0.05, 0) is 24.5 Å². The molecule has 0 radical (unpaired) electrons. The van der Waals surface area contributed by atoms with Crippen LogP contribution in [0.3, 0.4) is 0 Å². The monoisotopic (exact) mass is 399 g/mol. The second-order valence-corrected chi connectivity index (χ2v) is 7.91. The fourth-order valence-corrected chi connectivity index (χ4v) is 4.24. The lowest BCUT2D eigenvalue weighted by molar-refractivity contribution is 0.183.